The van der Waals surface area contributed by atoms with Crippen molar-refractivity contribution in [3.63, 3.8) is 0 Å². The van der Waals surface area contributed by atoms with Gasteiger partial charge >= 0.3 is 5.97 Å². The average molecular weight is 295 g/mol. The Labute approximate surface area is 129 Å². The van der Waals surface area contributed by atoms with Gasteiger partial charge in [0.1, 0.15) is 0 Å². The van der Waals surface area contributed by atoms with Crippen molar-refractivity contribution in [1.82, 2.24) is 9.97 Å². The Balaban J connectivity index is 1.65. The van der Waals surface area contributed by atoms with E-state index in [0.29, 0.717) is 0 Å². The van der Waals surface area contributed by atoms with Gasteiger partial charge in [-0.2, -0.15) is 0 Å². The number of rotatable bonds is 2. The van der Waals surface area contributed by atoms with Crippen molar-refractivity contribution in [3.05, 3.63) is 53.9 Å². The summed E-state index contributed by atoms with van der Waals surface area (Å²) >= 11 is 0. The summed E-state index contributed by atoms with van der Waals surface area (Å²) in [5.74, 6) is 0.403. The standard InChI is InChI=1S/C17H17N3O2/c1-22-15(21)14-13-6-3-2-5-12(13)9-17(14)10-20(11-17)16-18-7-4-8-19-16/h2-8,14H,9-11H2,1H3. The van der Waals surface area contributed by atoms with E-state index in [1.165, 1.54) is 12.7 Å². The summed E-state index contributed by atoms with van der Waals surface area (Å²) in [4.78, 5) is 23.1. The fourth-order valence-corrected chi connectivity index (χ4v) is 3.89. The highest BCUT2D eigenvalue weighted by molar-refractivity contribution is 5.82. The highest BCUT2D eigenvalue weighted by Gasteiger charge is 2.57. The van der Waals surface area contributed by atoms with E-state index in [9.17, 15) is 4.79 Å². The molecule has 2 aromatic rings. The number of esters is 1. The average Bonchev–Trinajstić information content (AvgIpc) is 2.88. The topological polar surface area (TPSA) is 55.3 Å². The number of hydrogen-bond acceptors (Lipinski definition) is 5. The van der Waals surface area contributed by atoms with Crippen LogP contribution in [0, 0.1) is 5.41 Å². The minimum Gasteiger partial charge on any atom is -0.469 e. The quantitative estimate of drug-likeness (QED) is 0.791. The molecule has 5 heteroatoms. The molecule has 0 saturated carbocycles. The molecule has 22 heavy (non-hydrogen) atoms. The zero-order valence-electron chi connectivity index (χ0n) is 12.4. The molecule has 1 aliphatic carbocycles. The summed E-state index contributed by atoms with van der Waals surface area (Å²) in [5.41, 5.74) is 2.28. The number of hydrogen-bond donors (Lipinski definition) is 0. The Bertz CT molecular complexity index is 711. The third kappa shape index (κ3) is 1.81. The van der Waals surface area contributed by atoms with E-state index in [2.05, 4.69) is 20.9 Å². The zero-order valence-corrected chi connectivity index (χ0v) is 12.4. The van der Waals surface area contributed by atoms with Crippen molar-refractivity contribution in [2.24, 2.45) is 5.41 Å². The van der Waals surface area contributed by atoms with Gasteiger partial charge in [-0.3, -0.25) is 4.79 Å². The van der Waals surface area contributed by atoms with Crippen LogP contribution >= 0.6 is 0 Å². The minimum absolute atomic E-state index is 0.0873. The highest BCUT2D eigenvalue weighted by Crippen LogP contribution is 2.53. The highest BCUT2D eigenvalue weighted by atomic mass is 16.5. The van der Waals surface area contributed by atoms with Crippen LogP contribution in [0.15, 0.2) is 42.7 Å². The molecule has 2 aliphatic rings. The lowest BCUT2D eigenvalue weighted by Gasteiger charge is -2.50. The summed E-state index contributed by atoms with van der Waals surface area (Å²) in [6.07, 6.45) is 4.40. The van der Waals surface area contributed by atoms with Crippen molar-refractivity contribution >= 4 is 11.9 Å². The number of benzene rings is 1. The Morgan fingerprint density at radius 1 is 1.23 bits per heavy atom. The number of methoxy groups -OCH3 is 1. The summed E-state index contributed by atoms with van der Waals surface area (Å²) in [5, 5.41) is 0. The molecule has 1 aromatic carbocycles. The number of nitrogens with zero attached hydrogens (tertiary/aromatic N) is 3. The second kappa shape index (κ2) is 4.80. The van der Waals surface area contributed by atoms with Crippen LogP contribution in [0.3, 0.4) is 0 Å². The van der Waals surface area contributed by atoms with Crippen LogP contribution < -0.4 is 4.90 Å². The molecular weight excluding hydrogens is 278 g/mol. The van der Waals surface area contributed by atoms with E-state index < -0.39 is 0 Å². The maximum Gasteiger partial charge on any atom is 0.313 e. The first-order chi connectivity index (χ1) is 10.7. The summed E-state index contributed by atoms with van der Waals surface area (Å²) in [7, 11) is 1.47. The Hall–Kier alpha value is -2.43. The fourth-order valence-electron chi connectivity index (χ4n) is 3.89. The van der Waals surface area contributed by atoms with E-state index in [4.69, 9.17) is 4.74 Å². The lowest BCUT2D eigenvalue weighted by atomic mass is 9.70. The number of carbonyl (C=O) groups is 1. The first kappa shape index (κ1) is 13.2. The molecule has 1 aromatic heterocycles. The van der Waals surface area contributed by atoms with Crippen molar-refractivity contribution in [3.8, 4) is 0 Å². The number of carbonyl (C=O) groups excluding carboxylic acids is 1. The SMILES string of the molecule is COC(=O)C1c2ccccc2CC12CN(c1ncccn1)C2. The van der Waals surface area contributed by atoms with Crippen LogP contribution in [0.4, 0.5) is 5.95 Å². The van der Waals surface area contributed by atoms with Gasteiger partial charge in [0.2, 0.25) is 5.95 Å². The van der Waals surface area contributed by atoms with Crippen LogP contribution in [-0.4, -0.2) is 36.1 Å². The molecule has 1 unspecified atom stereocenters. The van der Waals surface area contributed by atoms with Crippen LogP contribution in [0.1, 0.15) is 17.0 Å². The first-order valence-corrected chi connectivity index (χ1v) is 7.41. The summed E-state index contributed by atoms with van der Waals surface area (Å²) in [6.45, 7) is 1.57. The number of aromatic nitrogens is 2. The first-order valence-electron chi connectivity index (χ1n) is 7.41. The smallest absolute Gasteiger partial charge is 0.313 e. The van der Waals surface area contributed by atoms with Gasteiger partial charge in [0, 0.05) is 30.9 Å². The Kier molecular flexibility index (Phi) is 2.89. The van der Waals surface area contributed by atoms with Crippen LogP contribution in [0.5, 0.6) is 0 Å². The third-order valence-electron chi connectivity index (χ3n) is 4.80. The molecule has 5 nitrogen and oxygen atoms in total. The van der Waals surface area contributed by atoms with Gasteiger partial charge in [0.15, 0.2) is 0 Å². The number of anilines is 1. The monoisotopic (exact) mass is 295 g/mol. The molecule has 0 radical (unpaired) electrons. The molecule has 1 atom stereocenters. The predicted molar refractivity (Wildman–Crippen MR) is 81.6 cm³/mol. The number of ether oxygens (including phenoxy) is 1. The maximum atomic E-state index is 12.4. The molecule has 0 N–H and O–H groups in total. The lowest BCUT2D eigenvalue weighted by Crippen LogP contribution is -2.60. The minimum atomic E-state index is -0.186. The van der Waals surface area contributed by atoms with E-state index >= 15 is 0 Å². The normalized spacial score (nSPS) is 21.3. The molecule has 0 bridgehead atoms. The molecule has 1 spiro atoms. The van der Waals surface area contributed by atoms with E-state index in [1.807, 2.05) is 24.3 Å². The molecule has 112 valence electrons. The molecule has 0 amide bonds. The van der Waals surface area contributed by atoms with Crippen molar-refractivity contribution in [2.75, 3.05) is 25.1 Å². The summed E-state index contributed by atoms with van der Waals surface area (Å²) < 4.78 is 5.07. The molecule has 1 aliphatic heterocycles. The van der Waals surface area contributed by atoms with Crippen molar-refractivity contribution in [2.45, 2.75) is 12.3 Å². The van der Waals surface area contributed by atoms with Crippen molar-refractivity contribution in [1.29, 1.82) is 0 Å². The van der Waals surface area contributed by atoms with E-state index in [-0.39, 0.29) is 17.3 Å². The fraction of sp³-hybridized carbons (Fsp3) is 0.353. The van der Waals surface area contributed by atoms with E-state index in [0.717, 1.165) is 31.0 Å². The van der Waals surface area contributed by atoms with Gasteiger partial charge < -0.3 is 9.64 Å². The third-order valence-corrected chi connectivity index (χ3v) is 4.80. The summed E-state index contributed by atoms with van der Waals surface area (Å²) in [6, 6.07) is 9.99. The molecular formula is C17H17N3O2. The lowest BCUT2D eigenvalue weighted by molar-refractivity contribution is -0.146. The zero-order chi connectivity index (χ0) is 15.2. The van der Waals surface area contributed by atoms with Crippen LogP contribution in [0.2, 0.25) is 0 Å². The molecule has 1 saturated heterocycles. The van der Waals surface area contributed by atoms with Crippen LogP contribution in [0.25, 0.3) is 0 Å². The largest absolute Gasteiger partial charge is 0.469 e. The van der Waals surface area contributed by atoms with Gasteiger partial charge in [-0.1, -0.05) is 24.3 Å². The van der Waals surface area contributed by atoms with Crippen molar-refractivity contribution < 1.29 is 9.53 Å². The Morgan fingerprint density at radius 2 is 1.95 bits per heavy atom. The van der Waals surface area contributed by atoms with Gasteiger partial charge in [-0.25, -0.2) is 9.97 Å². The van der Waals surface area contributed by atoms with Gasteiger partial charge in [0.25, 0.3) is 0 Å². The second-order valence-electron chi connectivity index (χ2n) is 6.10. The van der Waals surface area contributed by atoms with Gasteiger partial charge in [-0.15, -0.1) is 0 Å². The molecule has 1 fully saturated rings. The maximum absolute atomic E-state index is 12.4. The second-order valence-corrected chi connectivity index (χ2v) is 6.10. The van der Waals surface area contributed by atoms with Crippen LogP contribution in [-0.2, 0) is 16.0 Å². The predicted octanol–water partition coefficient (Wildman–Crippen LogP) is 1.80. The Morgan fingerprint density at radius 3 is 2.68 bits per heavy atom. The molecule has 2 heterocycles. The van der Waals surface area contributed by atoms with Gasteiger partial charge in [-0.05, 0) is 23.6 Å². The van der Waals surface area contributed by atoms with E-state index in [1.54, 1.807) is 12.4 Å². The van der Waals surface area contributed by atoms with Gasteiger partial charge in [0.05, 0.1) is 13.0 Å². The number of fused-ring (bicyclic) bond motifs is 1. The molecule has 4 rings (SSSR count).